The van der Waals surface area contributed by atoms with E-state index in [0.29, 0.717) is 44.3 Å². The van der Waals surface area contributed by atoms with Crippen molar-refractivity contribution >= 4 is 56.6 Å². The number of fused-ring (bicyclic) bond motifs is 3. The summed E-state index contributed by atoms with van der Waals surface area (Å²) in [5.74, 6) is -1.17. The lowest BCUT2D eigenvalue weighted by atomic mass is 9.60. The lowest BCUT2D eigenvalue weighted by Gasteiger charge is -2.47. The average molecular weight is 615 g/mol. The van der Waals surface area contributed by atoms with Crippen molar-refractivity contribution in [3.63, 3.8) is 0 Å². The van der Waals surface area contributed by atoms with Crippen LogP contribution in [0.3, 0.4) is 0 Å². The molecule has 3 aliphatic rings. The summed E-state index contributed by atoms with van der Waals surface area (Å²) in [4.78, 5) is 43.8. The quantitative estimate of drug-likeness (QED) is 0.437. The number of halogens is 2. The summed E-state index contributed by atoms with van der Waals surface area (Å²) in [6.07, 6.45) is 0.596. The van der Waals surface area contributed by atoms with Crippen LogP contribution in [0, 0.1) is 12.3 Å². The number of hydrogen-bond donors (Lipinski definition) is 2. The van der Waals surface area contributed by atoms with Crippen molar-refractivity contribution < 1.29 is 23.9 Å². The first kappa shape index (κ1) is 27.3. The fraction of sp³-hybridized carbons (Fsp3) is 0.345. The highest BCUT2D eigenvalue weighted by Crippen LogP contribution is 2.58. The first-order chi connectivity index (χ1) is 18.4. The number of nitrogens with two attached hydrogens (primary N) is 1. The predicted molar refractivity (Wildman–Crippen MR) is 153 cm³/mol. The van der Waals surface area contributed by atoms with Crippen LogP contribution in [0.5, 0.6) is 5.75 Å². The van der Waals surface area contributed by atoms with E-state index < -0.39 is 22.7 Å². The van der Waals surface area contributed by atoms with Gasteiger partial charge in [-0.25, -0.2) is 4.79 Å². The number of rotatable bonds is 4. The number of ketones is 1. The molecule has 0 fully saturated rings. The Labute approximate surface area is 240 Å². The molecule has 3 N–H and O–H groups in total. The second-order valence-corrected chi connectivity index (χ2v) is 12.1. The molecule has 10 heteroatoms. The topological polar surface area (TPSA) is 111 Å². The molecule has 39 heavy (non-hydrogen) atoms. The molecule has 1 unspecified atom stereocenters. The smallest absolute Gasteiger partial charge is 0.339 e. The second-order valence-electron chi connectivity index (χ2n) is 10.7. The van der Waals surface area contributed by atoms with Crippen molar-refractivity contribution in [1.29, 1.82) is 0 Å². The Morgan fingerprint density at radius 2 is 1.92 bits per heavy atom. The summed E-state index contributed by atoms with van der Waals surface area (Å²) in [5, 5.41) is 3.38. The molecule has 0 saturated carbocycles. The van der Waals surface area contributed by atoms with Gasteiger partial charge in [0.1, 0.15) is 22.6 Å². The molecule has 1 atom stereocenters. The molecule has 8 nitrogen and oxygen atoms in total. The van der Waals surface area contributed by atoms with Gasteiger partial charge in [-0.15, -0.1) is 0 Å². The van der Waals surface area contributed by atoms with Gasteiger partial charge in [-0.1, -0.05) is 41.4 Å². The highest BCUT2D eigenvalue weighted by atomic mass is 79.9. The first-order valence-electron chi connectivity index (χ1n) is 12.6. The second kappa shape index (κ2) is 9.41. The molecule has 2 heterocycles. The number of esters is 1. The number of nitrogens with one attached hydrogen (secondary N) is 1. The van der Waals surface area contributed by atoms with Crippen molar-refractivity contribution in [3.8, 4) is 5.75 Å². The highest BCUT2D eigenvalue weighted by molar-refractivity contribution is 9.10. The monoisotopic (exact) mass is 613 g/mol. The maximum absolute atomic E-state index is 14.2. The van der Waals surface area contributed by atoms with Gasteiger partial charge in [0.25, 0.3) is 0 Å². The van der Waals surface area contributed by atoms with Crippen LogP contribution in [0.1, 0.15) is 44.7 Å². The van der Waals surface area contributed by atoms with E-state index in [4.69, 9.17) is 26.8 Å². The molecule has 2 aliphatic heterocycles. The van der Waals surface area contributed by atoms with Gasteiger partial charge in [0, 0.05) is 44.5 Å². The molecule has 204 valence electrons. The number of carbonyl (C=O) groups is 3. The molecule has 0 aromatic heterocycles. The Morgan fingerprint density at radius 1 is 1.21 bits per heavy atom. The summed E-state index contributed by atoms with van der Waals surface area (Å²) in [6, 6.07) is 8.73. The van der Waals surface area contributed by atoms with E-state index in [1.54, 1.807) is 42.2 Å². The van der Waals surface area contributed by atoms with E-state index >= 15 is 0 Å². The van der Waals surface area contributed by atoms with Gasteiger partial charge >= 0.3 is 5.97 Å². The van der Waals surface area contributed by atoms with Crippen LogP contribution in [0.4, 0.5) is 11.4 Å². The fourth-order valence-corrected chi connectivity index (χ4v) is 6.49. The van der Waals surface area contributed by atoms with Crippen molar-refractivity contribution in [2.45, 2.75) is 46.0 Å². The lowest BCUT2D eigenvalue weighted by molar-refractivity contribution is -0.140. The minimum absolute atomic E-state index is 0.0132. The normalized spacial score (nSPS) is 21.7. The molecule has 0 saturated heterocycles. The zero-order valence-electron chi connectivity index (χ0n) is 22.3. The summed E-state index contributed by atoms with van der Waals surface area (Å²) < 4.78 is 11.9. The van der Waals surface area contributed by atoms with Crippen molar-refractivity contribution in [1.82, 2.24) is 0 Å². The molecular weight excluding hydrogens is 586 g/mol. The molecule has 1 amide bonds. The third kappa shape index (κ3) is 3.97. The molecule has 0 bridgehead atoms. The van der Waals surface area contributed by atoms with Gasteiger partial charge in [-0.2, -0.15) is 0 Å². The maximum atomic E-state index is 14.2. The summed E-state index contributed by atoms with van der Waals surface area (Å²) >= 11 is 9.91. The fourth-order valence-electron chi connectivity index (χ4n) is 5.97. The van der Waals surface area contributed by atoms with Crippen LogP contribution in [0.2, 0.25) is 5.02 Å². The van der Waals surface area contributed by atoms with Crippen LogP contribution in [-0.4, -0.2) is 31.4 Å². The van der Waals surface area contributed by atoms with Crippen molar-refractivity contribution in [3.05, 3.63) is 73.6 Å². The number of amides is 1. The van der Waals surface area contributed by atoms with E-state index in [2.05, 4.69) is 21.2 Å². The van der Waals surface area contributed by atoms with Gasteiger partial charge in [-0.05, 0) is 55.5 Å². The number of benzene rings is 2. The number of methoxy groups -OCH3 is 1. The SMILES string of the molecule is CCOC(=O)C1=C(N)N(c2cc(C)c(Cl)cc2OC)C2=C(C(=O)CC(C)(C)C2)C12C(=O)Nc1ccc(Br)cc12. The van der Waals surface area contributed by atoms with E-state index in [-0.39, 0.29) is 35.8 Å². The van der Waals surface area contributed by atoms with Crippen molar-refractivity contribution in [2.24, 2.45) is 11.1 Å². The van der Waals surface area contributed by atoms with Gasteiger partial charge in [0.15, 0.2) is 5.78 Å². The van der Waals surface area contributed by atoms with Crippen molar-refractivity contribution in [2.75, 3.05) is 23.9 Å². The summed E-state index contributed by atoms with van der Waals surface area (Å²) in [5.41, 5.74) is 7.54. The molecule has 2 aromatic carbocycles. The van der Waals surface area contributed by atoms with Crippen LogP contribution < -0.4 is 20.7 Å². The minimum Gasteiger partial charge on any atom is -0.495 e. The summed E-state index contributed by atoms with van der Waals surface area (Å²) in [6.45, 7) is 7.54. The van der Waals surface area contributed by atoms with Gasteiger partial charge < -0.3 is 20.5 Å². The Hall–Kier alpha value is -3.30. The summed E-state index contributed by atoms with van der Waals surface area (Å²) in [7, 11) is 1.51. The number of hydrogen-bond acceptors (Lipinski definition) is 7. The number of allylic oxidation sites excluding steroid dienone is 1. The third-order valence-electron chi connectivity index (χ3n) is 7.52. The number of ether oxygens (including phenoxy) is 2. The maximum Gasteiger partial charge on any atom is 0.339 e. The van der Waals surface area contributed by atoms with Crippen LogP contribution in [0.25, 0.3) is 0 Å². The number of carbonyl (C=O) groups excluding carboxylic acids is 3. The largest absolute Gasteiger partial charge is 0.495 e. The zero-order chi connectivity index (χ0) is 28.4. The molecule has 1 aliphatic carbocycles. The van der Waals surface area contributed by atoms with E-state index in [9.17, 15) is 14.4 Å². The Bertz CT molecular complexity index is 1530. The first-order valence-corrected chi connectivity index (χ1v) is 13.7. The van der Waals surface area contributed by atoms with Crippen LogP contribution in [0.15, 0.2) is 57.5 Å². The van der Waals surface area contributed by atoms with E-state index in [1.165, 1.54) is 7.11 Å². The molecule has 0 radical (unpaired) electrons. The number of aryl methyl sites for hydroxylation is 1. The van der Waals surface area contributed by atoms with Gasteiger partial charge in [0.2, 0.25) is 5.91 Å². The minimum atomic E-state index is -1.79. The molecule has 1 spiro atoms. The predicted octanol–water partition coefficient (Wildman–Crippen LogP) is 5.51. The van der Waals surface area contributed by atoms with E-state index in [1.807, 2.05) is 20.8 Å². The zero-order valence-corrected chi connectivity index (χ0v) is 24.7. The Kier molecular flexibility index (Phi) is 6.58. The average Bonchev–Trinajstić information content (AvgIpc) is 3.11. The number of Topliss-reactive ketones (excluding diaryl/α,β-unsaturated/α-hetero) is 1. The Balaban J connectivity index is 1.96. The van der Waals surface area contributed by atoms with Gasteiger partial charge in [0.05, 0.1) is 19.4 Å². The molecular formula is C29H29BrClN3O5. The Morgan fingerprint density at radius 3 is 2.59 bits per heavy atom. The number of nitrogens with zero attached hydrogens (tertiary/aromatic N) is 1. The standard InChI is InChI=1S/C29H29BrClN3O5/c1-6-39-26(36)24-25(32)34(19-9-14(2)17(31)11-22(19)38-5)20-12-28(3,4)13-21(35)23(20)29(24)16-10-15(30)7-8-18(16)33-27(29)37/h7-11H,6,12-13,32H2,1-5H3,(H,33,37). The van der Waals surface area contributed by atoms with Crippen LogP contribution >= 0.6 is 27.5 Å². The molecule has 2 aromatic rings. The molecule has 5 rings (SSSR count). The van der Waals surface area contributed by atoms with Crippen LogP contribution in [-0.2, 0) is 24.5 Å². The van der Waals surface area contributed by atoms with Gasteiger partial charge in [-0.3, -0.25) is 14.5 Å². The lowest BCUT2D eigenvalue weighted by Crippen LogP contribution is -2.54. The van der Waals surface area contributed by atoms with E-state index in [0.717, 1.165) is 5.56 Å². The third-order valence-corrected chi connectivity index (χ3v) is 8.42. The highest BCUT2D eigenvalue weighted by Gasteiger charge is 2.63. The number of anilines is 2.